The molecule has 2 rings (SSSR count). The van der Waals surface area contributed by atoms with Gasteiger partial charge in [0.05, 0.1) is 10.7 Å². The first-order valence-electron chi connectivity index (χ1n) is 7.07. The maximum Gasteiger partial charge on any atom is 0.251 e. The van der Waals surface area contributed by atoms with Crippen LogP contribution < -0.4 is 10.6 Å². The number of nitrogens with zero attached hydrogens (tertiary/aromatic N) is 2. The van der Waals surface area contributed by atoms with Crippen molar-refractivity contribution in [2.45, 2.75) is 0 Å². The largest absolute Gasteiger partial charge is 0.351 e. The van der Waals surface area contributed by atoms with Crippen molar-refractivity contribution in [3.05, 3.63) is 52.1 Å². The first-order valence-corrected chi connectivity index (χ1v) is 7.82. The van der Waals surface area contributed by atoms with Gasteiger partial charge in [-0.15, -0.1) is 0 Å². The molecule has 1 amide bonds. The predicted octanol–water partition coefficient (Wildman–Crippen LogP) is 3.42. The number of rotatable bonds is 6. The molecule has 1 heterocycles. The van der Waals surface area contributed by atoms with Crippen LogP contribution in [0.5, 0.6) is 0 Å². The number of nitrogens with one attached hydrogen (secondary N) is 2. The van der Waals surface area contributed by atoms with Gasteiger partial charge in [-0.25, -0.2) is 4.98 Å². The summed E-state index contributed by atoms with van der Waals surface area (Å²) in [6.07, 6.45) is 1.58. The van der Waals surface area contributed by atoms with Gasteiger partial charge in [-0.2, -0.15) is 0 Å². The molecule has 0 aliphatic heterocycles. The molecule has 0 saturated heterocycles. The number of likely N-dealkylation sites (N-methyl/N-ethyl adjacent to an activating group) is 1. The number of halogens is 2. The molecule has 5 nitrogen and oxygen atoms in total. The second kappa shape index (κ2) is 8.15. The zero-order valence-corrected chi connectivity index (χ0v) is 14.4. The minimum absolute atomic E-state index is 0.139. The number of benzene rings is 1. The summed E-state index contributed by atoms with van der Waals surface area (Å²) in [7, 11) is 3.91. The lowest BCUT2D eigenvalue weighted by molar-refractivity contribution is 0.0951. The number of hydrogen-bond donors (Lipinski definition) is 2. The highest BCUT2D eigenvalue weighted by Crippen LogP contribution is 2.27. The van der Waals surface area contributed by atoms with E-state index in [0.29, 0.717) is 33.7 Å². The second-order valence-electron chi connectivity index (χ2n) is 5.24. The van der Waals surface area contributed by atoms with Crippen LogP contribution in [0.25, 0.3) is 0 Å². The molecule has 0 fully saturated rings. The van der Waals surface area contributed by atoms with Crippen LogP contribution >= 0.6 is 23.2 Å². The molecular weight excluding hydrogens is 335 g/mol. The molecule has 0 aliphatic rings. The Hall–Kier alpha value is -1.82. The zero-order chi connectivity index (χ0) is 16.8. The van der Waals surface area contributed by atoms with E-state index in [0.717, 1.165) is 6.54 Å². The monoisotopic (exact) mass is 352 g/mol. The van der Waals surface area contributed by atoms with E-state index in [1.165, 1.54) is 0 Å². The van der Waals surface area contributed by atoms with E-state index in [1.807, 2.05) is 19.0 Å². The highest BCUT2D eigenvalue weighted by molar-refractivity contribution is 6.36. The fraction of sp³-hybridized carbons (Fsp3) is 0.250. The Bertz CT molecular complexity index is 692. The number of hydrogen-bond acceptors (Lipinski definition) is 4. The maximum atomic E-state index is 12.1. The molecule has 122 valence electrons. The van der Waals surface area contributed by atoms with E-state index in [-0.39, 0.29) is 5.91 Å². The molecule has 0 radical (unpaired) electrons. The Labute approximate surface area is 145 Å². The van der Waals surface area contributed by atoms with Crippen LogP contribution in [0.3, 0.4) is 0 Å². The lowest BCUT2D eigenvalue weighted by Gasteiger charge is -2.11. The quantitative estimate of drug-likeness (QED) is 0.836. The summed E-state index contributed by atoms with van der Waals surface area (Å²) in [6.45, 7) is 1.36. The van der Waals surface area contributed by atoms with E-state index in [4.69, 9.17) is 23.2 Å². The van der Waals surface area contributed by atoms with Gasteiger partial charge in [-0.1, -0.05) is 23.2 Å². The number of carbonyl (C=O) groups excluding carboxylic acids is 1. The van der Waals surface area contributed by atoms with Gasteiger partial charge >= 0.3 is 0 Å². The topological polar surface area (TPSA) is 57.3 Å². The molecule has 2 aromatic rings. The van der Waals surface area contributed by atoms with Crippen LogP contribution in [0.2, 0.25) is 10.0 Å². The van der Waals surface area contributed by atoms with Crippen molar-refractivity contribution < 1.29 is 4.79 Å². The van der Waals surface area contributed by atoms with Crippen LogP contribution in [0.15, 0.2) is 36.5 Å². The fourth-order valence-electron chi connectivity index (χ4n) is 1.86. The molecule has 0 bridgehead atoms. The van der Waals surface area contributed by atoms with Gasteiger partial charge in [-0.3, -0.25) is 4.79 Å². The summed E-state index contributed by atoms with van der Waals surface area (Å²) in [5.41, 5.74) is 1.21. The molecule has 1 aromatic carbocycles. The zero-order valence-electron chi connectivity index (χ0n) is 12.9. The standard InChI is InChI=1S/C16H18Cl2N4O/c1-22(2)8-7-20-16(23)11-5-6-19-15(9-11)21-14-4-3-12(17)10-13(14)18/h3-6,9-10H,7-8H2,1-2H3,(H,19,21)(H,20,23). The van der Waals surface area contributed by atoms with Crippen molar-refractivity contribution in [1.82, 2.24) is 15.2 Å². The number of pyridine rings is 1. The van der Waals surface area contributed by atoms with Crippen LogP contribution in [-0.2, 0) is 0 Å². The number of carbonyl (C=O) groups is 1. The van der Waals surface area contributed by atoms with E-state index in [1.54, 1.807) is 36.5 Å². The van der Waals surface area contributed by atoms with Crippen molar-refractivity contribution in [3.8, 4) is 0 Å². The van der Waals surface area contributed by atoms with E-state index in [9.17, 15) is 4.79 Å². The molecule has 0 spiro atoms. The third-order valence-corrected chi connectivity index (χ3v) is 3.61. The summed E-state index contributed by atoms with van der Waals surface area (Å²) >= 11 is 12.0. The van der Waals surface area contributed by atoms with Crippen molar-refractivity contribution in [2.75, 3.05) is 32.5 Å². The third-order valence-electron chi connectivity index (χ3n) is 3.06. The summed E-state index contributed by atoms with van der Waals surface area (Å²) in [6, 6.07) is 8.47. The van der Waals surface area contributed by atoms with Gasteiger partial charge in [0.1, 0.15) is 5.82 Å². The summed E-state index contributed by atoms with van der Waals surface area (Å²) in [5.74, 6) is 0.397. The predicted molar refractivity (Wildman–Crippen MR) is 94.9 cm³/mol. The number of amides is 1. The van der Waals surface area contributed by atoms with E-state index < -0.39 is 0 Å². The smallest absolute Gasteiger partial charge is 0.251 e. The Kier molecular flexibility index (Phi) is 6.21. The SMILES string of the molecule is CN(C)CCNC(=O)c1ccnc(Nc2ccc(Cl)cc2Cl)c1. The highest BCUT2D eigenvalue weighted by atomic mass is 35.5. The Morgan fingerprint density at radius 3 is 2.70 bits per heavy atom. The lowest BCUT2D eigenvalue weighted by atomic mass is 10.2. The molecule has 2 N–H and O–H groups in total. The van der Waals surface area contributed by atoms with Gasteiger partial charge in [-0.05, 0) is 44.4 Å². The van der Waals surface area contributed by atoms with Gasteiger partial charge in [0.25, 0.3) is 5.91 Å². The van der Waals surface area contributed by atoms with E-state index >= 15 is 0 Å². The second-order valence-corrected chi connectivity index (χ2v) is 6.08. The molecule has 7 heteroatoms. The van der Waals surface area contributed by atoms with Crippen molar-refractivity contribution in [1.29, 1.82) is 0 Å². The minimum Gasteiger partial charge on any atom is -0.351 e. The maximum absolute atomic E-state index is 12.1. The van der Waals surface area contributed by atoms with Crippen LogP contribution in [-0.4, -0.2) is 43.0 Å². The average molecular weight is 353 g/mol. The Balaban J connectivity index is 2.06. The summed E-state index contributed by atoms with van der Waals surface area (Å²) in [4.78, 5) is 18.3. The summed E-state index contributed by atoms with van der Waals surface area (Å²) in [5, 5.41) is 6.98. The van der Waals surface area contributed by atoms with Crippen LogP contribution in [0.1, 0.15) is 10.4 Å². The van der Waals surface area contributed by atoms with Crippen LogP contribution in [0.4, 0.5) is 11.5 Å². The highest BCUT2D eigenvalue weighted by Gasteiger charge is 2.08. The van der Waals surface area contributed by atoms with Crippen molar-refractivity contribution >= 4 is 40.6 Å². The minimum atomic E-state index is -0.139. The Morgan fingerprint density at radius 1 is 1.22 bits per heavy atom. The Morgan fingerprint density at radius 2 is 2.00 bits per heavy atom. The van der Waals surface area contributed by atoms with Gasteiger partial charge in [0.2, 0.25) is 0 Å². The number of aromatic nitrogens is 1. The molecule has 1 aromatic heterocycles. The van der Waals surface area contributed by atoms with Gasteiger partial charge in [0, 0.05) is 29.9 Å². The molecule has 0 aliphatic carbocycles. The van der Waals surface area contributed by atoms with Crippen LogP contribution in [0, 0.1) is 0 Å². The van der Waals surface area contributed by atoms with Gasteiger partial charge in [0.15, 0.2) is 0 Å². The first kappa shape index (κ1) is 17.5. The first-order chi connectivity index (χ1) is 11.0. The molecule has 23 heavy (non-hydrogen) atoms. The normalized spacial score (nSPS) is 10.7. The molecule has 0 saturated carbocycles. The molecule has 0 unspecified atom stereocenters. The van der Waals surface area contributed by atoms with Crippen molar-refractivity contribution in [2.24, 2.45) is 0 Å². The van der Waals surface area contributed by atoms with E-state index in [2.05, 4.69) is 15.6 Å². The summed E-state index contributed by atoms with van der Waals surface area (Å²) < 4.78 is 0. The molecular formula is C16H18Cl2N4O. The third kappa shape index (κ3) is 5.39. The van der Waals surface area contributed by atoms with Gasteiger partial charge < -0.3 is 15.5 Å². The fourth-order valence-corrected chi connectivity index (χ4v) is 2.32. The van der Waals surface area contributed by atoms with Crippen molar-refractivity contribution in [3.63, 3.8) is 0 Å². The average Bonchev–Trinajstić information content (AvgIpc) is 2.50. The lowest BCUT2D eigenvalue weighted by Crippen LogP contribution is -2.31. The number of anilines is 2. The molecule has 0 atom stereocenters.